The Morgan fingerprint density at radius 1 is 0.467 bits per heavy atom. The maximum atomic E-state index is 11.7. The molecule has 0 radical (unpaired) electrons. The molecule has 0 unspecified atom stereocenters. The van der Waals surface area contributed by atoms with Gasteiger partial charge >= 0.3 is 29.3 Å². The Balaban J connectivity index is -0.00000392. The van der Waals surface area contributed by atoms with Gasteiger partial charge in [0, 0.05) is 0 Å². The molecule has 0 aromatic rings. The van der Waals surface area contributed by atoms with Crippen molar-refractivity contribution in [2.75, 3.05) is 13.2 Å². The van der Waals surface area contributed by atoms with Crippen molar-refractivity contribution in [3.05, 3.63) is 0 Å². The Morgan fingerprint density at radius 2 is 0.700 bits per heavy atom. The second-order valence-corrected chi connectivity index (χ2v) is 9.70. The zero-order chi connectivity index (χ0) is 21.5. The van der Waals surface area contributed by atoms with Crippen LogP contribution in [0.5, 0.6) is 0 Å². The molecular weight excluding hydrogens is 391 g/mol. The molecule has 0 heterocycles. The normalized spacial score (nSPS) is 11.5. The van der Waals surface area contributed by atoms with Crippen LogP contribution in [0.1, 0.15) is 144 Å². The number of hydrogen-bond donors (Lipinski definition) is 0. The molecule has 0 spiro atoms. The summed E-state index contributed by atoms with van der Waals surface area (Å²) in [5.41, 5.74) is 0. The molecule has 6 heteroatoms. The van der Waals surface area contributed by atoms with Gasteiger partial charge in [0.1, 0.15) is 0 Å². The van der Waals surface area contributed by atoms with Crippen LogP contribution in [0.2, 0.25) is 0 Å². The first kappa shape index (κ1) is 32.6. The van der Waals surface area contributed by atoms with E-state index < -0.39 is 10.4 Å². The Hall–Kier alpha value is 0.467. The minimum Gasteiger partial charge on any atom is -1.00 e. The molecule has 0 saturated carbocycles. The average molecular weight is 443 g/mol. The van der Waals surface area contributed by atoms with Crippen molar-refractivity contribution in [3.8, 4) is 0 Å². The zero-order valence-corrected chi connectivity index (χ0v) is 21.4. The van der Waals surface area contributed by atoms with Gasteiger partial charge in [-0.2, -0.15) is 8.42 Å². The smallest absolute Gasteiger partial charge is 1.00 e. The molecule has 0 N–H and O–H groups in total. The Labute approximate surface area is 202 Å². The van der Waals surface area contributed by atoms with E-state index in [9.17, 15) is 8.42 Å². The van der Waals surface area contributed by atoms with Gasteiger partial charge in [-0.3, -0.25) is 0 Å². The molecule has 4 nitrogen and oxygen atoms in total. The number of rotatable bonds is 24. The van der Waals surface area contributed by atoms with Crippen LogP contribution >= 0.6 is 0 Å². The standard InChI is InChI=1S/C24H50O4S.Li.H/c1-3-5-7-9-11-13-15-17-19-21-23-27-29(25,26)28-24-22-20-18-16-14-12-10-8-6-4-2;;/h3-24H2,1-2H3;;/q;+1;-1. The molecule has 0 bridgehead atoms. The van der Waals surface area contributed by atoms with Crippen molar-refractivity contribution in [2.24, 2.45) is 0 Å². The van der Waals surface area contributed by atoms with Crippen LogP contribution in [0.4, 0.5) is 0 Å². The Kier molecular flexibility index (Phi) is 28.0. The summed E-state index contributed by atoms with van der Waals surface area (Å²) in [6.07, 6.45) is 24.4. The molecule has 0 aliphatic heterocycles. The third-order valence-corrected chi connectivity index (χ3v) is 6.36. The van der Waals surface area contributed by atoms with Crippen LogP contribution in [-0.4, -0.2) is 21.6 Å². The minimum absolute atomic E-state index is 0. The minimum atomic E-state index is -3.80. The summed E-state index contributed by atoms with van der Waals surface area (Å²) in [6, 6.07) is 0. The second kappa shape index (κ2) is 25.7. The second-order valence-electron chi connectivity index (χ2n) is 8.42. The number of hydrogen-bond acceptors (Lipinski definition) is 4. The monoisotopic (exact) mass is 442 g/mol. The van der Waals surface area contributed by atoms with E-state index in [0.717, 1.165) is 38.5 Å². The summed E-state index contributed by atoms with van der Waals surface area (Å²) < 4.78 is 33.3. The van der Waals surface area contributed by atoms with E-state index in [1.54, 1.807) is 0 Å². The van der Waals surface area contributed by atoms with Crippen molar-refractivity contribution in [1.29, 1.82) is 0 Å². The third kappa shape index (κ3) is 26.5. The van der Waals surface area contributed by atoms with Gasteiger partial charge in [0.05, 0.1) is 13.2 Å². The van der Waals surface area contributed by atoms with Gasteiger partial charge in [-0.25, -0.2) is 8.37 Å². The van der Waals surface area contributed by atoms with E-state index in [4.69, 9.17) is 8.37 Å². The summed E-state index contributed by atoms with van der Waals surface area (Å²) in [4.78, 5) is 0. The van der Waals surface area contributed by atoms with Crippen LogP contribution in [0.15, 0.2) is 0 Å². The van der Waals surface area contributed by atoms with Gasteiger partial charge in [0.25, 0.3) is 0 Å². The van der Waals surface area contributed by atoms with Gasteiger partial charge < -0.3 is 1.43 Å². The fourth-order valence-corrected chi connectivity index (χ4v) is 4.25. The fraction of sp³-hybridized carbons (Fsp3) is 1.00. The molecule has 178 valence electrons. The van der Waals surface area contributed by atoms with Crippen molar-refractivity contribution < 1.29 is 37.1 Å². The van der Waals surface area contributed by atoms with E-state index in [0.29, 0.717) is 0 Å². The maximum absolute atomic E-state index is 11.7. The molecule has 0 aliphatic carbocycles. The summed E-state index contributed by atoms with van der Waals surface area (Å²) in [5, 5.41) is 0. The molecule has 0 amide bonds. The van der Waals surface area contributed by atoms with Crippen LogP contribution in [-0.2, 0) is 18.8 Å². The fourth-order valence-electron chi connectivity index (χ4n) is 3.53. The molecule has 0 fully saturated rings. The van der Waals surface area contributed by atoms with E-state index in [1.807, 2.05) is 0 Å². The topological polar surface area (TPSA) is 52.6 Å². The summed E-state index contributed by atoms with van der Waals surface area (Å²) in [7, 11) is -3.80. The van der Waals surface area contributed by atoms with Crippen LogP contribution < -0.4 is 18.9 Å². The summed E-state index contributed by atoms with van der Waals surface area (Å²) in [5.74, 6) is 0. The van der Waals surface area contributed by atoms with Gasteiger partial charge in [-0.05, 0) is 12.8 Å². The van der Waals surface area contributed by atoms with E-state index in [-0.39, 0.29) is 33.5 Å². The van der Waals surface area contributed by atoms with Crippen molar-refractivity contribution in [3.63, 3.8) is 0 Å². The molecular formula is C24H51LiO4S. The van der Waals surface area contributed by atoms with Crippen LogP contribution in [0.25, 0.3) is 0 Å². The van der Waals surface area contributed by atoms with Crippen LogP contribution in [0, 0.1) is 0 Å². The number of unbranched alkanes of at least 4 members (excludes halogenated alkanes) is 18. The van der Waals surface area contributed by atoms with Gasteiger partial charge in [0.15, 0.2) is 0 Å². The quantitative estimate of drug-likeness (QED) is 0.152. The zero-order valence-electron chi connectivity index (χ0n) is 21.6. The van der Waals surface area contributed by atoms with Crippen molar-refractivity contribution in [2.45, 2.75) is 142 Å². The van der Waals surface area contributed by atoms with Gasteiger partial charge in [-0.15, -0.1) is 0 Å². The van der Waals surface area contributed by atoms with E-state index in [2.05, 4.69) is 13.8 Å². The summed E-state index contributed by atoms with van der Waals surface area (Å²) >= 11 is 0. The first-order chi connectivity index (χ1) is 14.1. The molecule has 0 rings (SSSR count). The van der Waals surface area contributed by atoms with Crippen LogP contribution in [0.3, 0.4) is 0 Å². The van der Waals surface area contributed by atoms with Gasteiger partial charge in [0.2, 0.25) is 0 Å². The Bertz CT molecular complexity index is 390. The largest absolute Gasteiger partial charge is 1.00 e. The van der Waals surface area contributed by atoms with E-state index in [1.165, 1.54) is 89.9 Å². The molecule has 0 aromatic carbocycles. The maximum Gasteiger partial charge on any atom is 1.00 e. The summed E-state index contributed by atoms with van der Waals surface area (Å²) in [6.45, 7) is 4.98. The molecule has 0 atom stereocenters. The van der Waals surface area contributed by atoms with E-state index >= 15 is 0 Å². The predicted molar refractivity (Wildman–Crippen MR) is 126 cm³/mol. The molecule has 30 heavy (non-hydrogen) atoms. The molecule has 0 aliphatic rings. The Morgan fingerprint density at radius 3 is 0.967 bits per heavy atom. The predicted octanol–water partition coefficient (Wildman–Crippen LogP) is 5.22. The first-order valence-corrected chi connectivity index (χ1v) is 14.0. The average Bonchev–Trinajstić information content (AvgIpc) is 2.70. The van der Waals surface area contributed by atoms with Crippen molar-refractivity contribution >= 4 is 10.4 Å². The van der Waals surface area contributed by atoms with Crippen molar-refractivity contribution in [1.82, 2.24) is 0 Å². The molecule has 0 saturated heterocycles. The molecule has 0 aromatic heterocycles. The third-order valence-electron chi connectivity index (χ3n) is 5.45. The SMILES string of the molecule is CCCCCCCCCCCCOS(=O)(=O)OCCCCCCCCCCCC.[H-].[Li+]. The van der Waals surface area contributed by atoms with Gasteiger partial charge in [-0.1, -0.05) is 129 Å². The first-order valence-electron chi connectivity index (χ1n) is 12.7.